The molecular weight excluding hydrogens is 420 g/mol. The standard InChI is InChI=1S/C21H22N4O5S/c1-3-24(4-2)31(29,30)17-12-10-15(11-13-17)22-14-18-19(26)23-21(28)25(20(18)27)16-8-6-5-7-9-16/h5-14,27H,3-4H2,1-2H3,(H,23,26,28). The lowest BCUT2D eigenvalue weighted by Crippen LogP contribution is -2.31. The van der Waals surface area contributed by atoms with Crippen molar-refractivity contribution in [1.29, 1.82) is 0 Å². The molecule has 0 saturated carbocycles. The molecule has 0 unspecified atom stereocenters. The Hall–Kier alpha value is -3.50. The van der Waals surface area contributed by atoms with E-state index in [0.717, 1.165) is 10.8 Å². The van der Waals surface area contributed by atoms with Gasteiger partial charge in [-0.25, -0.2) is 17.8 Å². The van der Waals surface area contributed by atoms with Gasteiger partial charge in [-0.3, -0.25) is 14.8 Å². The van der Waals surface area contributed by atoms with Crippen molar-refractivity contribution in [3.8, 4) is 11.6 Å². The van der Waals surface area contributed by atoms with E-state index in [1.165, 1.54) is 28.6 Å². The number of benzene rings is 2. The molecule has 3 rings (SSSR count). The van der Waals surface area contributed by atoms with Gasteiger partial charge in [0, 0.05) is 19.3 Å². The zero-order valence-electron chi connectivity index (χ0n) is 17.0. The third-order valence-electron chi connectivity index (χ3n) is 4.66. The number of aliphatic imine (C=N–C) groups is 1. The number of sulfonamides is 1. The van der Waals surface area contributed by atoms with Gasteiger partial charge < -0.3 is 5.11 Å². The highest BCUT2D eigenvalue weighted by Gasteiger charge is 2.21. The smallest absolute Gasteiger partial charge is 0.335 e. The van der Waals surface area contributed by atoms with Gasteiger partial charge in [-0.15, -0.1) is 0 Å². The van der Waals surface area contributed by atoms with Crippen LogP contribution < -0.4 is 11.2 Å². The zero-order chi connectivity index (χ0) is 22.6. The van der Waals surface area contributed by atoms with Crippen LogP contribution in [0, 0.1) is 0 Å². The van der Waals surface area contributed by atoms with E-state index in [-0.39, 0.29) is 10.5 Å². The monoisotopic (exact) mass is 442 g/mol. The van der Waals surface area contributed by atoms with Gasteiger partial charge in [-0.1, -0.05) is 32.0 Å². The SMILES string of the molecule is CCN(CC)S(=O)(=O)c1ccc(N=Cc2c(O)n(-c3ccccc3)c(=O)[nH]c2=O)cc1. The molecule has 0 saturated heterocycles. The second-order valence-electron chi connectivity index (χ2n) is 6.51. The highest BCUT2D eigenvalue weighted by molar-refractivity contribution is 7.89. The van der Waals surface area contributed by atoms with E-state index < -0.39 is 27.2 Å². The summed E-state index contributed by atoms with van der Waals surface area (Å²) in [7, 11) is -3.59. The number of aromatic amines is 1. The van der Waals surface area contributed by atoms with Crippen LogP contribution in [0.25, 0.3) is 5.69 Å². The molecule has 1 heterocycles. The average molecular weight is 442 g/mol. The topological polar surface area (TPSA) is 125 Å². The molecule has 3 aromatic rings. The van der Waals surface area contributed by atoms with E-state index in [1.807, 2.05) is 0 Å². The molecule has 0 radical (unpaired) electrons. The Balaban J connectivity index is 1.96. The van der Waals surface area contributed by atoms with Crippen molar-refractivity contribution in [3.05, 3.63) is 81.0 Å². The highest BCUT2D eigenvalue weighted by Crippen LogP contribution is 2.21. The van der Waals surface area contributed by atoms with Crippen molar-refractivity contribution >= 4 is 21.9 Å². The summed E-state index contributed by atoms with van der Waals surface area (Å²) < 4.78 is 27.4. The van der Waals surface area contributed by atoms with Crippen LogP contribution in [0.2, 0.25) is 0 Å². The number of para-hydroxylation sites is 1. The molecular formula is C21H22N4O5S. The average Bonchev–Trinajstić information content (AvgIpc) is 2.75. The van der Waals surface area contributed by atoms with Crippen molar-refractivity contribution < 1.29 is 13.5 Å². The van der Waals surface area contributed by atoms with Crippen LogP contribution in [-0.4, -0.2) is 46.7 Å². The quantitative estimate of drug-likeness (QED) is 0.542. The fraction of sp³-hybridized carbons (Fsp3) is 0.190. The third kappa shape index (κ3) is 4.49. The van der Waals surface area contributed by atoms with E-state index in [9.17, 15) is 23.1 Å². The van der Waals surface area contributed by atoms with Gasteiger partial charge in [0.15, 0.2) is 0 Å². The van der Waals surface area contributed by atoms with Gasteiger partial charge in [0.1, 0.15) is 5.56 Å². The first-order chi connectivity index (χ1) is 14.8. The Bertz CT molecular complexity index is 1310. The summed E-state index contributed by atoms with van der Waals surface area (Å²) in [5.41, 5.74) is -1.03. The fourth-order valence-corrected chi connectivity index (χ4v) is 4.49. The molecule has 162 valence electrons. The molecule has 0 amide bonds. The number of H-pyrrole nitrogens is 1. The molecule has 2 aromatic carbocycles. The van der Waals surface area contributed by atoms with Crippen molar-refractivity contribution in [1.82, 2.24) is 13.9 Å². The Kier molecular flexibility index (Phi) is 6.52. The minimum absolute atomic E-state index is 0.133. The lowest BCUT2D eigenvalue weighted by molar-refractivity contribution is 0.430. The molecule has 0 aliphatic rings. The Morgan fingerprint density at radius 1 is 1.03 bits per heavy atom. The normalized spacial score (nSPS) is 12.0. The largest absolute Gasteiger partial charge is 0.493 e. The van der Waals surface area contributed by atoms with Crippen molar-refractivity contribution in [2.75, 3.05) is 13.1 Å². The lowest BCUT2D eigenvalue weighted by atomic mass is 10.3. The number of hydrogen-bond acceptors (Lipinski definition) is 6. The van der Waals surface area contributed by atoms with Gasteiger partial charge >= 0.3 is 5.69 Å². The van der Waals surface area contributed by atoms with Crippen LogP contribution in [0.3, 0.4) is 0 Å². The summed E-state index contributed by atoms with van der Waals surface area (Å²) in [5, 5.41) is 10.5. The summed E-state index contributed by atoms with van der Waals surface area (Å²) in [5.74, 6) is -0.551. The van der Waals surface area contributed by atoms with Crippen LogP contribution in [0.5, 0.6) is 5.88 Å². The highest BCUT2D eigenvalue weighted by atomic mass is 32.2. The number of aromatic nitrogens is 2. The Morgan fingerprint density at radius 3 is 2.23 bits per heavy atom. The molecule has 10 heteroatoms. The maximum Gasteiger partial charge on any atom is 0.335 e. The van der Waals surface area contributed by atoms with E-state index in [4.69, 9.17) is 0 Å². The first-order valence-corrected chi connectivity index (χ1v) is 11.0. The second kappa shape index (κ2) is 9.11. The molecule has 0 fully saturated rings. The minimum atomic E-state index is -3.59. The summed E-state index contributed by atoms with van der Waals surface area (Å²) >= 11 is 0. The predicted octanol–water partition coefficient (Wildman–Crippen LogP) is 2.01. The maximum atomic E-state index is 12.6. The van der Waals surface area contributed by atoms with Crippen molar-refractivity contribution in [3.63, 3.8) is 0 Å². The predicted molar refractivity (Wildman–Crippen MR) is 118 cm³/mol. The van der Waals surface area contributed by atoms with Gasteiger partial charge in [0.2, 0.25) is 15.9 Å². The van der Waals surface area contributed by atoms with Crippen LogP contribution in [0.4, 0.5) is 5.69 Å². The van der Waals surface area contributed by atoms with Crippen LogP contribution >= 0.6 is 0 Å². The van der Waals surface area contributed by atoms with E-state index in [1.54, 1.807) is 44.2 Å². The number of nitrogens with zero attached hydrogens (tertiary/aromatic N) is 3. The van der Waals surface area contributed by atoms with Crippen LogP contribution in [-0.2, 0) is 10.0 Å². The molecule has 1 aromatic heterocycles. The van der Waals surface area contributed by atoms with Gasteiger partial charge in [-0.05, 0) is 36.4 Å². The Morgan fingerprint density at radius 2 is 1.65 bits per heavy atom. The van der Waals surface area contributed by atoms with Gasteiger partial charge in [0.05, 0.1) is 16.3 Å². The summed E-state index contributed by atoms with van der Waals surface area (Å²) in [6.45, 7) is 4.24. The number of aromatic hydroxyl groups is 1. The van der Waals surface area contributed by atoms with E-state index in [2.05, 4.69) is 9.98 Å². The number of hydrogen-bond donors (Lipinski definition) is 2. The minimum Gasteiger partial charge on any atom is -0.493 e. The first-order valence-electron chi connectivity index (χ1n) is 9.57. The van der Waals surface area contributed by atoms with E-state index in [0.29, 0.717) is 24.5 Å². The Labute approximate surface area is 179 Å². The first kappa shape index (κ1) is 22.2. The molecule has 0 aliphatic carbocycles. The molecule has 31 heavy (non-hydrogen) atoms. The molecule has 0 spiro atoms. The molecule has 2 N–H and O–H groups in total. The van der Waals surface area contributed by atoms with Crippen LogP contribution in [0.15, 0.2) is 74.1 Å². The molecule has 0 aliphatic heterocycles. The summed E-state index contributed by atoms with van der Waals surface area (Å²) in [4.78, 5) is 30.8. The summed E-state index contributed by atoms with van der Waals surface area (Å²) in [6.07, 6.45) is 1.13. The molecule has 0 bridgehead atoms. The fourth-order valence-electron chi connectivity index (χ4n) is 3.03. The number of rotatable bonds is 7. The van der Waals surface area contributed by atoms with Crippen molar-refractivity contribution in [2.24, 2.45) is 4.99 Å². The van der Waals surface area contributed by atoms with Gasteiger partial charge in [-0.2, -0.15) is 4.31 Å². The van der Waals surface area contributed by atoms with Crippen molar-refractivity contribution in [2.45, 2.75) is 18.7 Å². The third-order valence-corrected chi connectivity index (χ3v) is 6.72. The second-order valence-corrected chi connectivity index (χ2v) is 8.45. The number of nitrogens with one attached hydrogen (secondary N) is 1. The van der Waals surface area contributed by atoms with E-state index >= 15 is 0 Å². The lowest BCUT2D eigenvalue weighted by Gasteiger charge is -2.18. The maximum absolute atomic E-state index is 12.6. The zero-order valence-corrected chi connectivity index (χ0v) is 17.8. The van der Waals surface area contributed by atoms with Gasteiger partial charge in [0.25, 0.3) is 5.56 Å². The molecule has 9 nitrogen and oxygen atoms in total. The summed E-state index contributed by atoms with van der Waals surface area (Å²) in [6, 6.07) is 14.2. The molecule has 0 atom stereocenters. The van der Waals surface area contributed by atoms with Crippen LogP contribution in [0.1, 0.15) is 19.4 Å².